The first-order valence-electron chi connectivity index (χ1n) is 6.63. The minimum absolute atomic E-state index is 0.311. The number of anilines is 1. The molecule has 0 bridgehead atoms. The average molecular weight is 359 g/mol. The lowest BCUT2D eigenvalue weighted by Gasteiger charge is -2.08. The van der Waals surface area contributed by atoms with E-state index in [2.05, 4.69) is 36.2 Å². The summed E-state index contributed by atoms with van der Waals surface area (Å²) in [5.74, 6) is 0.870. The number of nitrogens with zero attached hydrogens (tertiary/aromatic N) is 2. The Morgan fingerprint density at radius 3 is 2.95 bits per heavy atom. The van der Waals surface area contributed by atoms with Gasteiger partial charge in [-0.3, -0.25) is 15.1 Å². The molecule has 0 aliphatic heterocycles. The molecule has 0 saturated heterocycles. The molecule has 0 unspecified atom stereocenters. The maximum atomic E-state index is 12.2. The number of aromatic nitrogens is 3. The molecule has 2 N–H and O–H groups in total. The number of imidazole rings is 1. The molecule has 3 rings (SSSR count). The van der Waals surface area contributed by atoms with Crippen molar-refractivity contribution in [3.8, 4) is 0 Å². The van der Waals surface area contributed by atoms with E-state index in [-0.39, 0.29) is 5.91 Å². The van der Waals surface area contributed by atoms with Crippen LogP contribution in [0.15, 0.2) is 18.3 Å². The van der Waals surface area contributed by atoms with E-state index in [1.807, 2.05) is 0 Å². The first kappa shape index (κ1) is 14.8. The van der Waals surface area contributed by atoms with Crippen molar-refractivity contribution in [3.05, 3.63) is 34.6 Å². The van der Waals surface area contributed by atoms with Gasteiger partial charge in [-0.05, 0) is 18.1 Å². The van der Waals surface area contributed by atoms with Crippen LogP contribution in [0.5, 0.6) is 0 Å². The molecule has 0 atom stereocenters. The number of hydrogen-bond acceptors (Lipinski definition) is 4. The predicted molar refractivity (Wildman–Crippen MR) is 87.4 cm³/mol. The molecule has 1 aliphatic carbocycles. The Balaban J connectivity index is 1.93. The molecule has 1 aliphatic rings. The van der Waals surface area contributed by atoms with Crippen LogP contribution in [-0.2, 0) is 4.74 Å². The highest BCUT2D eigenvalue weighted by atomic mass is 79.9. The lowest BCUT2D eigenvalue weighted by molar-refractivity contribution is 0.102. The predicted octanol–water partition coefficient (Wildman–Crippen LogP) is -0.0977. The third-order valence-electron chi connectivity index (χ3n) is 3.34. The monoisotopic (exact) mass is 358 g/mol. The van der Waals surface area contributed by atoms with Gasteiger partial charge in [0.2, 0.25) is 5.95 Å². The summed E-state index contributed by atoms with van der Waals surface area (Å²) in [4.78, 5) is 23.5. The Hall–Kier alpha value is -2.09. The fraction of sp³-hybridized carbons (Fsp3) is 0.214. The number of amides is 1. The highest BCUT2D eigenvalue weighted by Gasteiger charge is 2.15. The van der Waals surface area contributed by atoms with Gasteiger partial charge < -0.3 is 9.72 Å². The van der Waals surface area contributed by atoms with Crippen molar-refractivity contribution in [2.75, 3.05) is 12.4 Å². The van der Waals surface area contributed by atoms with Crippen LogP contribution in [0.25, 0.3) is 10.2 Å². The number of methoxy groups -OCH3 is 1. The molecule has 0 spiro atoms. The number of pyridine rings is 1. The molecule has 8 heteroatoms. The molecule has 0 aromatic carbocycles. The third kappa shape index (κ3) is 2.78. The van der Waals surface area contributed by atoms with Crippen molar-refractivity contribution in [2.45, 2.75) is 12.8 Å². The zero-order valence-corrected chi connectivity index (χ0v) is 13.4. The van der Waals surface area contributed by atoms with Crippen molar-refractivity contribution in [1.29, 1.82) is 0 Å². The van der Waals surface area contributed by atoms with Gasteiger partial charge >= 0.3 is 0 Å². The van der Waals surface area contributed by atoms with Crippen LogP contribution in [0, 0.1) is 0 Å². The van der Waals surface area contributed by atoms with Crippen LogP contribution < -0.4 is 21.6 Å². The van der Waals surface area contributed by atoms with Gasteiger partial charge in [-0.15, -0.1) is 0 Å². The topological polar surface area (TPSA) is 79.9 Å². The Kier molecular flexibility index (Phi) is 4.02. The minimum atomic E-state index is -0.311. The number of aromatic amines is 1. The van der Waals surface area contributed by atoms with E-state index in [0.29, 0.717) is 17.1 Å². The van der Waals surface area contributed by atoms with Crippen molar-refractivity contribution >= 4 is 51.5 Å². The van der Waals surface area contributed by atoms with Crippen LogP contribution in [0.1, 0.15) is 23.2 Å². The van der Waals surface area contributed by atoms with E-state index in [1.165, 1.54) is 6.20 Å². The second-order valence-corrected chi connectivity index (χ2v) is 5.72. The minimum Gasteiger partial charge on any atom is -0.499 e. The van der Waals surface area contributed by atoms with Crippen LogP contribution >= 0.6 is 15.9 Å². The Labute approximate surface area is 136 Å². The van der Waals surface area contributed by atoms with Gasteiger partial charge in [-0.25, -0.2) is 4.98 Å². The molecule has 2 aromatic rings. The van der Waals surface area contributed by atoms with Gasteiger partial charge in [0.25, 0.3) is 5.91 Å². The smallest absolute Gasteiger partial charge is 0.259 e. The fourth-order valence-corrected chi connectivity index (χ4v) is 2.71. The van der Waals surface area contributed by atoms with Gasteiger partial charge in [0, 0.05) is 17.1 Å². The zero-order chi connectivity index (χ0) is 15.7. The average Bonchev–Trinajstić information content (AvgIpc) is 2.93. The summed E-state index contributed by atoms with van der Waals surface area (Å²) < 4.78 is 6.34. The SMILES string of the molecule is [B]c1ccc(C(=O)Nc2nc3c([nH]2)=C(OC)CCC=3Br)cn1. The number of H-pyrrole nitrogens is 1. The van der Waals surface area contributed by atoms with Crippen LogP contribution in [0.3, 0.4) is 0 Å². The van der Waals surface area contributed by atoms with Gasteiger partial charge in [-0.1, -0.05) is 22.0 Å². The van der Waals surface area contributed by atoms with Crippen molar-refractivity contribution in [3.63, 3.8) is 0 Å². The molecule has 110 valence electrons. The van der Waals surface area contributed by atoms with E-state index in [9.17, 15) is 4.79 Å². The molecule has 0 saturated carbocycles. The second-order valence-electron chi connectivity index (χ2n) is 4.77. The van der Waals surface area contributed by atoms with E-state index in [4.69, 9.17) is 12.6 Å². The molecular weight excluding hydrogens is 347 g/mol. The quantitative estimate of drug-likeness (QED) is 0.751. The molecule has 0 fully saturated rings. The number of rotatable bonds is 3. The number of carbonyl (C=O) groups excluding carboxylic acids is 1. The lowest BCUT2D eigenvalue weighted by Crippen LogP contribution is -2.31. The van der Waals surface area contributed by atoms with E-state index < -0.39 is 0 Å². The number of fused-ring (bicyclic) bond motifs is 1. The van der Waals surface area contributed by atoms with Gasteiger partial charge in [0.1, 0.15) is 24.3 Å². The molecule has 22 heavy (non-hydrogen) atoms. The number of ether oxygens (including phenoxy) is 1. The Bertz CT molecular complexity index is 845. The molecule has 2 heterocycles. The standard InChI is InChI=1S/C14H12BBrN4O2/c1-22-9-4-3-8(16)11-12(9)19-14(18-11)20-13(21)7-2-5-10(15)17-6-7/h2,5-6H,3-4H2,1H3,(H2,18,19,20,21). The van der Waals surface area contributed by atoms with E-state index >= 15 is 0 Å². The van der Waals surface area contributed by atoms with Crippen LogP contribution in [0.4, 0.5) is 5.95 Å². The molecule has 6 nitrogen and oxygen atoms in total. The summed E-state index contributed by atoms with van der Waals surface area (Å²) in [6.45, 7) is 0. The molecule has 2 radical (unpaired) electrons. The van der Waals surface area contributed by atoms with Gasteiger partial charge in [-0.2, -0.15) is 0 Å². The maximum absolute atomic E-state index is 12.2. The van der Waals surface area contributed by atoms with Gasteiger partial charge in [0.05, 0.1) is 12.7 Å². The number of halogens is 1. The van der Waals surface area contributed by atoms with E-state index in [0.717, 1.165) is 33.8 Å². The third-order valence-corrected chi connectivity index (χ3v) is 4.11. The molecule has 2 aromatic heterocycles. The Morgan fingerprint density at radius 1 is 1.45 bits per heavy atom. The summed E-state index contributed by atoms with van der Waals surface area (Å²) in [6.07, 6.45) is 3.01. The highest BCUT2D eigenvalue weighted by molar-refractivity contribution is 9.14. The highest BCUT2D eigenvalue weighted by Crippen LogP contribution is 2.19. The lowest BCUT2D eigenvalue weighted by atomic mass is 10.0. The number of carbonyl (C=O) groups is 1. The first-order chi connectivity index (χ1) is 10.6. The Morgan fingerprint density at radius 2 is 2.27 bits per heavy atom. The first-order valence-corrected chi connectivity index (χ1v) is 7.42. The second kappa shape index (κ2) is 5.96. The molecular formula is C14H12BBrN4O2. The van der Waals surface area contributed by atoms with Crippen molar-refractivity contribution in [2.24, 2.45) is 0 Å². The number of hydrogen-bond donors (Lipinski definition) is 2. The van der Waals surface area contributed by atoms with Gasteiger partial charge in [0.15, 0.2) is 0 Å². The number of nitrogens with one attached hydrogen (secondary N) is 2. The van der Waals surface area contributed by atoms with Crippen LogP contribution in [0.2, 0.25) is 0 Å². The van der Waals surface area contributed by atoms with Crippen molar-refractivity contribution in [1.82, 2.24) is 15.0 Å². The van der Waals surface area contributed by atoms with Crippen LogP contribution in [-0.4, -0.2) is 35.8 Å². The summed E-state index contributed by atoms with van der Waals surface area (Å²) in [7, 11) is 7.13. The largest absolute Gasteiger partial charge is 0.499 e. The zero-order valence-electron chi connectivity index (χ0n) is 11.8. The summed E-state index contributed by atoms with van der Waals surface area (Å²) in [5.41, 5.74) is 0.769. The summed E-state index contributed by atoms with van der Waals surface area (Å²) >= 11 is 3.50. The normalized spacial score (nSPS) is 13.7. The maximum Gasteiger partial charge on any atom is 0.259 e. The van der Waals surface area contributed by atoms with Crippen molar-refractivity contribution < 1.29 is 9.53 Å². The summed E-state index contributed by atoms with van der Waals surface area (Å²) in [5, 5.41) is 4.25. The fourth-order valence-electron chi connectivity index (χ4n) is 2.22. The van der Waals surface area contributed by atoms with E-state index in [1.54, 1.807) is 19.2 Å². The molecule has 1 amide bonds. The summed E-state index contributed by atoms with van der Waals surface area (Å²) in [6, 6.07) is 3.18.